The van der Waals surface area contributed by atoms with Crippen molar-refractivity contribution in [3.05, 3.63) is 58.1 Å². The topological polar surface area (TPSA) is 59.0 Å². The maximum atomic E-state index is 6.16. The first-order valence-electron chi connectivity index (χ1n) is 9.67. The fraction of sp³-hybridized carbons (Fsp3) is 0.208. The molecule has 0 aliphatic carbocycles. The Kier molecular flexibility index (Phi) is 6.35. The molecule has 3 aromatic carbocycles. The summed E-state index contributed by atoms with van der Waals surface area (Å²) in [7, 11) is 6.35. The van der Waals surface area contributed by atoms with Crippen LogP contribution in [0.1, 0.15) is 5.56 Å². The Bertz CT molecular complexity index is 1310. The minimum Gasteiger partial charge on any atom is -0.493 e. The number of benzene rings is 3. The highest BCUT2D eigenvalue weighted by Crippen LogP contribution is 2.44. The van der Waals surface area contributed by atoms with Crippen LogP contribution >= 0.6 is 23.2 Å². The van der Waals surface area contributed by atoms with Crippen LogP contribution in [0.5, 0.6) is 28.9 Å². The van der Waals surface area contributed by atoms with E-state index >= 15 is 0 Å². The molecule has 0 fully saturated rings. The van der Waals surface area contributed by atoms with E-state index < -0.39 is 0 Å². The van der Waals surface area contributed by atoms with Crippen LogP contribution in [0, 0.1) is 0 Å². The third-order valence-corrected chi connectivity index (χ3v) is 5.87. The number of ether oxygens (including phenoxy) is 5. The number of hydrogen-bond donors (Lipinski definition) is 0. The summed E-state index contributed by atoms with van der Waals surface area (Å²) in [6.07, 6.45) is 0. The molecular weight excluding hydrogens is 453 g/mol. The molecule has 1 aromatic heterocycles. The third-order valence-electron chi connectivity index (χ3n) is 5.13. The molecule has 0 aliphatic rings. The Morgan fingerprint density at radius 3 is 2.09 bits per heavy atom. The van der Waals surface area contributed by atoms with Gasteiger partial charge in [-0.15, -0.1) is 0 Å². The van der Waals surface area contributed by atoms with Crippen LogP contribution in [0.3, 0.4) is 0 Å². The fourth-order valence-corrected chi connectivity index (χ4v) is 3.91. The summed E-state index contributed by atoms with van der Waals surface area (Å²) in [6.45, 7) is 0.234. The van der Waals surface area contributed by atoms with Gasteiger partial charge in [0.2, 0.25) is 5.88 Å². The average Bonchev–Trinajstić information content (AvgIpc) is 2.82. The summed E-state index contributed by atoms with van der Waals surface area (Å²) in [4.78, 5) is 4.77. The number of rotatable bonds is 7. The Hall–Kier alpha value is -3.09. The zero-order valence-electron chi connectivity index (χ0n) is 18.0. The average molecular weight is 474 g/mol. The molecule has 4 rings (SSSR count). The van der Waals surface area contributed by atoms with E-state index in [0.717, 1.165) is 16.3 Å². The van der Waals surface area contributed by atoms with E-state index in [2.05, 4.69) is 0 Å². The van der Waals surface area contributed by atoms with Crippen LogP contribution in [0.15, 0.2) is 42.5 Å². The Balaban J connectivity index is 1.94. The van der Waals surface area contributed by atoms with Gasteiger partial charge >= 0.3 is 0 Å². The molecule has 0 saturated heterocycles. The molecule has 0 radical (unpaired) electrons. The van der Waals surface area contributed by atoms with Crippen LogP contribution in [0.2, 0.25) is 10.0 Å². The molecule has 0 spiro atoms. The smallest absolute Gasteiger partial charge is 0.226 e. The lowest BCUT2D eigenvalue weighted by atomic mass is 10.0. The van der Waals surface area contributed by atoms with Gasteiger partial charge in [-0.1, -0.05) is 29.3 Å². The molecule has 0 atom stereocenters. The number of nitrogens with zero attached hydrogens (tertiary/aromatic N) is 1. The van der Waals surface area contributed by atoms with Crippen molar-refractivity contribution in [3.63, 3.8) is 0 Å². The second kappa shape index (κ2) is 9.18. The van der Waals surface area contributed by atoms with Crippen molar-refractivity contribution < 1.29 is 23.7 Å². The molecule has 0 aliphatic heterocycles. The molecule has 166 valence electrons. The van der Waals surface area contributed by atoms with E-state index in [1.807, 2.05) is 30.3 Å². The second-order valence-electron chi connectivity index (χ2n) is 6.90. The van der Waals surface area contributed by atoms with E-state index in [-0.39, 0.29) is 6.61 Å². The number of hydrogen-bond acceptors (Lipinski definition) is 6. The lowest BCUT2D eigenvalue weighted by molar-refractivity contribution is 0.297. The highest BCUT2D eigenvalue weighted by molar-refractivity contribution is 6.42. The molecule has 1 heterocycles. The summed E-state index contributed by atoms with van der Waals surface area (Å²) >= 11 is 12.2. The van der Waals surface area contributed by atoms with Gasteiger partial charge in [0.05, 0.1) is 49.4 Å². The first kappa shape index (κ1) is 22.1. The predicted octanol–water partition coefficient (Wildman–Crippen LogP) is 6.31. The SMILES string of the molecule is COc1cc2nc(OCc3ccc(Cl)c(Cl)c3)c3c(OC)c(OC)ccc3c2cc1OC. The molecule has 4 aromatic rings. The van der Waals surface area contributed by atoms with Crippen LogP contribution in [0.4, 0.5) is 0 Å². The van der Waals surface area contributed by atoms with E-state index in [1.54, 1.807) is 40.6 Å². The number of pyridine rings is 1. The molecule has 32 heavy (non-hydrogen) atoms. The molecule has 0 unspecified atom stereocenters. The van der Waals surface area contributed by atoms with Crippen molar-refractivity contribution in [2.24, 2.45) is 0 Å². The maximum absolute atomic E-state index is 6.16. The normalized spacial score (nSPS) is 10.9. The third kappa shape index (κ3) is 3.92. The second-order valence-corrected chi connectivity index (χ2v) is 7.72. The molecule has 0 saturated carbocycles. The van der Waals surface area contributed by atoms with Gasteiger partial charge in [-0.25, -0.2) is 4.98 Å². The van der Waals surface area contributed by atoms with Crippen LogP contribution in [-0.4, -0.2) is 33.4 Å². The van der Waals surface area contributed by atoms with Crippen molar-refractivity contribution in [2.45, 2.75) is 6.61 Å². The lowest BCUT2D eigenvalue weighted by Gasteiger charge is -2.17. The van der Waals surface area contributed by atoms with Gasteiger partial charge in [0.25, 0.3) is 0 Å². The van der Waals surface area contributed by atoms with Crippen molar-refractivity contribution in [3.8, 4) is 28.9 Å². The number of fused-ring (bicyclic) bond motifs is 3. The maximum Gasteiger partial charge on any atom is 0.226 e. The first-order chi connectivity index (χ1) is 15.5. The molecule has 0 amide bonds. The molecule has 8 heteroatoms. The van der Waals surface area contributed by atoms with E-state index in [1.165, 1.54) is 0 Å². The number of aromatic nitrogens is 1. The Morgan fingerprint density at radius 2 is 1.44 bits per heavy atom. The summed E-state index contributed by atoms with van der Waals surface area (Å²) in [6, 6.07) is 12.8. The molecular formula is C24H21Cl2NO5. The van der Waals surface area contributed by atoms with Gasteiger partial charge in [-0.3, -0.25) is 0 Å². The highest BCUT2D eigenvalue weighted by Gasteiger charge is 2.20. The Morgan fingerprint density at radius 1 is 0.719 bits per heavy atom. The van der Waals surface area contributed by atoms with E-state index in [0.29, 0.717) is 49.8 Å². The van der Waals surface area contributed by atoms with Gasteiger partial charge in [-0.05, 0) is 35.9 Å². The zero-order chi connectivity index (χ0) is 22.8. The van der Waals surface area contributed by atoms with Gasteiger partial charge in [0.15, 0.2) is 23.0 Å². The van der Waals surface area contributed by atoms with Gasteiger partial charge in [0.1, 0.15) is 6.61 Å². The fourth-order valence-electron chi connectivity index (χ4n) is 3.59. The van der Waals surface area contributed by atoms with Crippen LogP contribution in [0.25, 0.3) is 21.7 Å². The van der Waals surface area contributed by atoms with Gasteiger partial charge in [0, 0.05) is 16.8 Å². The van der Waals surface area contributed by atoms with E-state index in [9.17, 15) is 0 Å². The van der Waals surface area contributed by atoms with E-state index in [4.69, 9.17) is 51.9 Å². The van der Waals surface area contributed by atoms with Crippen molar-refractivity contribution in [2.75, 3.05) is 28.4 Å². The monoisotopic (exact) mass is 473 g/mol. The Labute approximate surface area is 195 Å². The zero-order valence-corrected chi connectivity index (χ0v) is 19.5. The standard InChI is InChI=1S/C24H21Cl2NO5/c1-28-19-8-6-14-15-10-20(29-2)21(30-3)11-18(15)27-24(22(14)23(19)31-4)32-12-13-5-7-16(25)17(26)9-13/h5-11H,12H2,1-4H3. The predicted molar refractivity (Wildman–Crippen MR) is 126 cm³/mol. The minimum absolute atomic E-state index is 0.234. The lowest BCUT2D eigenvalue weighted by Crippen LogP contribution is -2.01. The van der Waals surface area contributed by atoms with Crippen LogP contribution < -0.4 is 23.7 Å². The summed E-state index contributed by atoms with van der Waals surface area (Å²) in [5.74, 6) is 2.66. The molecule has 0 N–H and O–H groups in total. The van der Waals surface area contributed by atoms with Crippen molar-refractivity contribution >= 4 is 44.9 Å². The summed E-state index contributed by atoms with van der Waals surface area (Å²) < 4.78 is 28.3. The first-order valence-corrected chi connectivity index (χ1v) is 10.4. The number of halogens is 2. The van der Waals surface area contributed by atoms with Crippen LogP contribution in [-0.2, 0) is 6.61 Å². The number of methoxy groups -OCH3 is 4. The molecule has 6 nitrogen and oxygen atoms in total. The minimum atomic E-state index is 0.234. The summed E-state index contributed by atoms with van der Waals surface area (Å²) in [5.41, 5.74) is 1.54. The molecule has 0 bridgehead atoms. The van der Waals surface area contributed by atoms with Crippen molar-refractivity contribution in [1.82, 2.24) is 4.98 Å². The summed E-state index contributed by atoms with van der Waals surface area (Å²) in [5, 5.41) is 3.36. The van der Waals surface area contributed by atoms with Gasteiger partial charge in [-0.2, -0.15) is 0 Å². The van der Waals surface area contributed by atoms with Gasteiger partial charge < -0.3 is 23.7 Å². The highest BCUT2D eigenvalue weighted by atomic mass is 35.5. The largest absolute Gasteiger partial charge is 0.493 e. The quantitative estimate of drug-likeness (QED) is 0.293. The van der Waals surface area contributed by atoms with Crippen molar-refractivity contribution in [1.29, 1.82) is 0 Å².